The third-order valence-corrected chi connectivity index (χ3v) is 6.79. The highest BCUT2D eigenvalue weighted by Gasteiger charge is 2.31. The third-order valence-electron chi connectivity index (χ3n) is 6.79. The molecule has 2 fully saturated rings. The lowest BCUT2D eigenvalue weighted by Gasteiger charge is -2.41. The van der Waals surface area contributed by atoms with Gasteiger partial charge in [-0.3, -0.25) is 9.88 Å². The Morgan fingerprint density at radius 3 is 3.00 bits per heavy atom. The van der Waals surface area contributed by atoms with E-state index in [-0.39, 0.29) is 0 Å². The average Bonchev–Trinajstić information content (AvgIpc) is 3.28. The van der Waals surface area contributed by atoms with Gasteiger partial charge in [-0.2, -0.15) is 0 Å². The summed E-state index contributed by atoms with van der Waals surface area (Å²) in [6.07, 6.45) is 14.6. The zero-order valence-electron chi connectivity index (χ0n) is 17.7. The van der Waals surface area contributed by atoms with Crippen molar-refractivity contribution in [1.29, 1.82) is 0 Å². The van der Waals surface area contributed by atoms with Crippen molar-refractivity contribution in [2.75, 3.05) is 33.4 Å². The number of fused-ring (bicyclic) bond motifs is 3. The zero-order valence-corrected chi connectivity index (χ0v) is 17.7. The van der Waals surface area contributed by atoms with E-state index in [1.807, 2.05) is 18.6 Å². The van der Waals surface area contributed by atoms with Crippen LogP contribution in [0.2, 0.25) is 0 Å². The third kappa shape index (κ3) is 3.96. The Hall–Kier alpha value is -2.02. The SMILES string of the molecule is COCCOC1CCCN(C2[CH]CC(c3ccnc4cnc5[nH]ccc5c34)CC2)C1. The Morgan fingerprint density at radius 1 is 1.17 bits per heavy atom. The number of aromatic nitrogens is 3. The van der Waals surface area contributed by atoms with Gasteiger partial charge in [-0.1, -0.05) is 0 Å². The summed E-state index contributed by atoms with van der Waals surface area (Å²) < 4.78 is 11.1. The molecule has 5 rings (SSSR count). The van der Waals surface area contributed by atoms with Crippen LogP contribution in [0.15, 0.2) is 30.7 Å². The molecular weight excluding hydrogens is 376 g/mol. The van der Waals surface area contributed by atoms with Crippen molar-refractivity contribution in [3.8, 4) is 0 Å². The van der Waals surface area contributed by atoms with Crippen LogP contribution in [-0.2, 0) is 9.47 Å². The van der Waals surface area contributed by atoms with E-state index in [2.05, 4.69) is 38.4 Å². The van der Waals surface area contributed by atoms with Crippen LogP contribution >= 0.6 is 0 Å². The van der Waals surface area contributed by atoms with E-state index in [0.29, 0.717) is 31.3 Å². The number of piperidine rings is 1. The minimum absolute atomic E-state index is 0.346. The molecule has 3 atom stereocenters. The largest absolute Gasteiger partial charge is 0.382 e. The van der Waals surface area contributed by atoms with Gasteiger partial charge in [0, 0.05) is 42.9 Å². The van der Waals surface area contributed by atoms with Crippen molar-refractivity contribution in [3.63, 3.8) is 0 Å². The second-order valence-electron chi connectivity index (χ2n) is 8.59. The maximum atomic E-state index is 6.02. The van der Waals surface area contributed by atoms with Gasteiger partial charge in [0.2, 0.25) is 0 Å². The highest BCUT2D eigenvalue weighted by atomic mass is 16.5. The van der Waals surface area contributed by atoms with Crippen molar-refractivity contribution in [1.82, 2.24) is 19.9 Å². The molecule has 0 aromatic carbocycles. The Balaban J connectivity index is 1.27. The van der Waals surface area contributed by atoms with Crippen molar-refractivity contribution < 1.29 is 9.47 Å². The number of pyridine rings is 2. The quantitative estimate of drug-likeness (QED) is 0.624. The molecule has 2 aliphatic rings. The molecule has 0 spiro atoms. The summed E-state index contributed by atoms with van der Waals surface area (Å²) in [6.45, 7) is 3.60. The lowest BCUT2D eigenvalue weighted by molar-refractivity contribution is -0.0293. The first kappa shape index (κ1) is 19.9. The van der Waals surface area contributed by atoms with Crippen molar-refractivity contribution in [2.24, 2.45) is 0 Å². The first-order valence-corrected chi connectivity index (χ1v) is 11.2. The standard InChI is InChI=1S/C24H31N4O2/c1-29-13-14-30-19-3-2-12-28(16-19)18-6-4-17(5-7-18)20-8-10-25-22-15-27-24-21(23(20)22)9-11-26-24/h6,8-11,15,17-19H,2-5,7,12-14,16H2,1H3,(H,26,27). The molecular formula is C24H31N4O2. The van der Waals surface area contributed by atoms with Gasteiger partial charge in [0.15, 0.2) is 0 Å². The van der Waals surface area contributed by atoms with Crippen LogP contribution < -0.4 is 0 Å². The van der Waals surface area contributed by atoms with E-state index < -0.39 is 0 Å². The normalized spacial score (nSPS) is 25.8. The molecule has 3 unspecified atom stereocenters. The lowest BCUT2D eigenvalue weighted by atomic mass is 9.79. The number of H-pyrrole nitrogens is 1. The zero-order chi connectivity index (χ0) is 20.3. The van der Waals surface area contributed by atoms with E-state index in [9.17, 15) is 0 Å². The van der Waals surface area contributed by atoms with Gasteiger partial charge >= 0.3 is 0 Å². The monoisotopic (exact) mass is 407 g/mol. The lowest BCUT2D eigenvalue weighted by Crippen LogP contribution is -2.47. The molecule has 159 valence electrons. The second-order valence-corrected chi connectivity index (χ2v) is 8.59. The first-order chi connectivity index (χ1) is 14.8. The van der Waals surface area contributed by atoms with Crippen LogP contribution in [0.3, 0.4) is 0 Å². The summed E-state index contributed by atoms with van der Waals surface area (Å²) in [6, 6.07) is 4.91. The summed E-state index contributed by atoms with van der Waals surface area (Å²) in [7, 11) is 1.73. The molecule has 0 amide bonds. The molecule has 3 aromatic heterocycles. The number of aromatic amines is 1. The Labute approximate surface area is 178 Å². The number of hydrogen-bond donors (Lipinski definition) is 1. The number of nitrogens with one attached hydrogen (secondary N) is 1. The van der Waals surface area contributed by atoms with E-state index in [1.54, 1.807) is 7.11 Å². The fourth-order valence-corrected chi connectivity index (χ4v) is 5.26. The van der Waals surface area contributed by atoms with Crippen LogP contribution in [0.1, 0.15) is 43.6 Å². The van der Waals surface area contributed by atoms with E-state index in [0.717, 1.165) is 24.1 Å². The number of likely N-dealkylation sites (tertiary alicyclic amines) is 1. The van der Waals surface area contributed by atoms with Gasteiger partial charge in [0.05, 0.1) is 31.0 Å². The van der Waals surface area contributed by atoms with Gasteiger partial charge in [-0.05, 0) is 68.7 Å². The molecule has 6 nitrogen and oxygen atoms in total. The Morgan fingerprint density at radius 2 is 2.13 bits per heavy atom. The minimum atomic E-state index is 0.346. The van der Waals surface area contributed by atoms with Crippen LogP contribution in [0.4, 0.5) is 0 Å². The summed E-state index contributed by atoms with van der Waals surface area (Å²) >= 11 is 0. The van der Waals surface area contributed by atoms with Gasteiger partial charge < -0.3 is 14.5 Å². The number of hydrogen-bond acceptors (Lipinski definition) is 5. The van der Waals surface area contributed by atoms with Crippen molar-refractivity contribution >= 4 is 21.9 Å². The number of ether oxygens (including phenoxy) is 2. The predicted octanol–water partition coefficient (Wildman–Crippen LogP) is 4.08. The summed E-state index contributed by atoms with van der Waals surface area (Å²) in [5, 5.41) is 2.45. The molecule has 1 aliphatic carbocycles. The van der Waals surface area contributed by atoms with Crippen molar-refractivity contribution in [2.45, 2.75) is 50.2 Å². The number of nitrogens with zero attached hydrogens (tertiary/aromatic N) is 3. The maximum absolute atomic E-state index is 6.02. The average molecular weight is 408 g/mol. The van der Waals surface area contributed by atoms with Crippen LogP contribution in [0, 0.1) is 6.42 Å². The molecule has 1 saturated carbocycles. The summed E-state index contributed by atoms with van der Waals surface area (Å²) in [4.78, 5) is 15.0. The summed E-state index contributed by atoms with van der Waals surface area (Å²) in [5.41, 5.74) is 3.36. The smallest absolute Gasteiger partial charge is 0.137 e. The topological polar surface area (TPSA) is 63.3 Å². The highest BCUT2D eigenvalue weighted by molar-refractivity contribution is 6.05. The summed E-state index contributed by atoms with van der Waals surface area (Å²) in [5.74, 6) is 0.547. The van der Waals surface area contributed by atoms with Crippen molar-refractivity contribution in [3.05, 3.63) is 42.7 Å². The molecule has 1 radical (unpaired) electrons. The van der Waals surface area contributed by atoms with Gasteiger partial charge in [-0.15, -0.1) is 0 Å². The highest BCUT2D eigenvalue weighted by Crippen LogP contribution is 2.39. The molecule has 1 saturated heterocycles. The number of rotatable bonds is 6. The van der Waals surface area contributed by atoms with E-state index in [1.165, 1.54) is 48.6 Å². The Kier molecular flexibility index (Phi) is 5.97. The predicted molar refractivity (Wildman–Crippen MR) is 118 cm³/mol. The van der Waals surface area contributed by atoms with Gasteiger partial charge in [-0.25, -0.2) is 4.98 Å². The van der Waals surface area contributed by atoms with E-state index >= 15 is 0 Å². The fraction of sp³-hybridized carbons (Fsp3) is 0.542. The van der Waals surface area contributed by atoms with Crippen LogP contribution in [-0.4, -0.2) is 65.4 Å². The molecule has 1 aliphatic heterocycles. The second kappa shape index (κ2) is 9.00. The van der Waals surface area contributed by atoms with Gasteiger partial charge in [0.25, 0.3) is 0 Å². The molecule has 1 N–H and O–H groups in total. The number of methoxy groups -OCH3 is 1. The Bertz CT molecular complexity index is 980. The molecule has 0 bridgehead atoms. The van der Waals surface area contributed by atoms with Crippen LogP contribution in [0.5, 0.6) is 0 Å². The van der Waals surface area contributed by atoms with Crippen LogP contribution in [0.25, 0.3) is 21.9 Å². The molecule has 3 aromatic rings. The maximum Gasteiger partial charge on any atom is 0.137 e. The minimum Gasteiger partial charge on any atom is -0.382 e. The van der Waals surface area contributed by atoms with E-state index in [4.69, 9.17) is 9.47 Å². The van der Waals surface area contributed by atoms with Gasteiger partial charge in [0.1, 0.15) is 5.65 Å². The molecule has 4 heterocycles. The first-order valence-electron chi connectivity index (χ1n) is 11.2. The fourth-order valence-electron chi connectivity index (χ4n) is 5.26. The molecule has 6 heteroatoms. The molecule has 30 heavy (non-hydrogen) atoms.